The fourth-order valence-corrected chi connectivity index (χ4v) is 3.63. The first-order chi connectivity index (χ1) is 13.1. The van der Waals surface area contributed by atoms with Gasteiger partial charge in [-0.3, -0.25) is 9.20 Å². The normalized spacial score (nSPS) is 17.2. The summed E-state index contributed by atoms with van der Waals surface area (Å²) in [6.07, 6.45) is 5.03. The number of nitrogens with two attached hydrogens (primary N) is 2. The lowest BCUT2D eigenvalue weighted by molar-refractivity contribution is 0.0733. The van der Waals surface area contributed by atoms with Crippen LogP contribution >= 0.6 is 0 Å². The number of aromatic nitrogens is 3. The van der Waals surface area contributed by atoms with Crippen molar-refractivity contribution in [3.05, 3.63) is 48.4 Å². The first-order valence-corrected chi connectivity index (χ1v) is 8.80. The van der Waals surface area contributed by atoms with E-state index in [4.69, 9.17) is 15.9 Å². The second-order valence-electron chi connectivity index (χ2n) is 6.73. The Kier molecular flexibility index (Phi) is 3.41. The lowest BCUT2D eigenvalue weighted by Crippen LogP contribution is -2.41. The number of nitrogen functional groups attached to an aromatic ring is 1. The number of hydrogen-bond donors (Lipinski definition) is 2. The van der Waals surface area contributed by atoms with Crippen molar-refractivity contribution in [1.29, 1.82) is 0 Å². The van der Waals surface area contributed by atoms with Crippen LogP contribution in [0.25, 0.3) is 27.9 Å². The van der Waals surface area contributed by atoms with E-state index in [1.54, 1.807) is 11.1 Å². The molecule has 1 unspecified atom stereocenters. The highest BCUT2D eigenvalue weighted by Crippen LogP contribution is 2.26. The molecular weight excluding hydrogens is 344 g/mol. The van der Waals surface area contributed by atoms with Crippen LogP contribution < -0.4 is 11.5 Å². The highest BCUT2D eigenvalue weighted by molar-refractivity contribution is 5.94. The minimum Gasteiger partial charge on any atom is -0.424 e. The second-order valence-corrected chi connectivity index (χ2v) is 6.73. The molecular formula is C19H18N6O2. The summed E-state index contributed by atoms with van der Waals surface area (Å²) in [6, 6.07) is 9.66. The van der Waals surface area contributed by atoms with Crippen molar-refractivity contribution >= 4 is 28.7 Å². The van der Waals surface area contributed by atoms with Crippen LogP contribution in [0.3, 0.4) is 0 Å². The molecule has 1 atom stereocenters. The van der Waals surface area contributed by atoms with Gasteiger partial charge in [-0.05, 0) is 48.2 Å². The van der Waals surface area contributed by atoms with E-state index in [-0.39, 0.29) is 18.1 Å². The van der Waals surface area contributed by atoms with Gasteiger partial charge in [-0.15, -0.1) is 0 Å². The molecule has 0 aliphatic carbocycles. The van der Waals surface area contributed by atoms with E-state index in [0.717, 1.165) is 24.0 Å². The van der Waals surface area contributed by atoms with Gasteiger partial charge in [0.05, 0.1) is 12.4 Å². The maximum Gasteiger partial charge on any atom is 0.292 e. The van der Waals surface area contributed by atoms with E-state index in [0.29, 0.717) is 29.0 Å². The molecule has 1 aliphatic rings. The average Bonchev–Trinajstić information content (AvgIpc) is 3.36. The summed E-state index contributed by atoms with van der Waals surface area (Å²) in [5, 5.41) is 0. The van der Waals surface area contributed by atoms with Crippen LogP contribution in [0.5, 0.6) is 0 Å². The van der Waals surface area contributed by atoms with E-state index in [1.807, 2.05) is 40.9 Å². The standard InChI is InChI=1S/C19H18N6O2/c20-16-2-1-7-24(16)18(26)14-9-22-17-6-4-12(10-25(14)17)11-3-5-15-13(8-11)23-19(21)27-15/h3-6,8-10,16H,1-2,7,20H2,(H2,21,23). The van der Waals surface area contributed by atoms with Crippen LogP contribution in [0.2, 0.25) is 0 Å². The molecule has 1 fully saturated rings. The fourth-order valence-electron chi connectivity index (χ4n) is 3.63. The molecule has 136 valence electrons. The Hall–Kier alpha value is -3.39. The van der Waals surface area contributed by atoms with Crippen LogP contribution in [-0.4, -0.2) is 37.9 Å². The lowest BCUT2D eigenvalue weighted by atomic mass is 10.1. The van der Waals surface area contributed by atoms with Crippen LogP contribution in [0.4, 0.5) is 6.01 Å². The first-order valence-electron chi connectivity index (χ1n) is 8.80. The molecule has 1 amide bonds. The molecule has 1 aromatic carbocycles. The Labute approximate surface area is 154 Å². The van der Waals surface area contributed by atoms with Crippen LogP contribution in [0, 0.1) is 0 Å². The minimum absolute atomic E-state index is 0.0932. The van der Waals surface area contributed by atoms with Gasteiger partial charge in [0.1, 0.15) is 16.9 Å². The smallest absolute Gasteiger partial charge is 0.292 e. The van der Waals surface area contributed by atoms with E-state index < -0.39 is 0 Å². The summed E-state index contributed by atoms with van der Waals surface area (Å²) in [6.45, 7) is 0.678. The Morgan fingerprint density at radius 2 is 2.07 bits per heavy atom. The third-order valence-corrected chi connectivity index (χ3v) is 5.02. The van der Waals surface area contributed by atoms with Gasteiger partial charge in [0.2, 0.25) is 0 Å². The van der Waals surface area contributed by atoms with E-state index in [1.165, 1.54) is 0 Å². The number of carbonyl (C=O) groups is 1. The summed E-state index contributed by atoms with van der Waals surface area (Å²) in [5.74, 6) is -0.0932. The third kappa shape index (κ3) is 2.53. The predicted molar refractivity (Wildman–Crippen MR) is 101 cm³/mol. The van der Waals surface area contributed by atoms with Gasteiger partial charge in [-0.25, -0.2) is 4.98 Å². The van der Waals surface area contributed by atoms with Crippen molar-refractivity contribution in [2.24, 2.45) is 5.73 Å². The molecule has 1 saturated heterocycles. The van der Waals surface area contributed by atoms with Gasteiger partial charge < -0.3 is 20.8 Å². The molecule has 1 aliphatic heterocycles. The molecule has 0 saturated carbocycles. The number of nitrogens with zero attached hydrogens (tertiary/aromatic N) is 4. The maximum atomic E-state index is 12.9. The number of amides is 1. The number of oxazole rings is 1. The quantitative estimate of drug-likeness (QED) is 0.565. The topological polar surface area (TPSA) is 116 Å². The summed E-state index contributed by atoms with van der Waals surface area (Å²) in [7, 11) is 0. The highest BCUT2D eigenvalue weighted by atomic mass is 16.4. The fraction of sp³-hybridized carbons (Fsp3) is 0.211. The van der Waals surface area contributed by atoms with Crippen LogP contribution in [0.15, 0.2) is 47.1 Å². The van der Waals surface area contributed by atoms with Gasteiger partial charge in [0.15, 0.2) is 5.58 Å². The molecule has 0 spiro atoms. The molecule has 5 rings (SSSR count). The largest absolute Gasteiger partial charge is 0.424 e. The monoisotopic (exact) mass is 362 g/mol. The Morgan fingerprint density at radius 1 is 1.22 bits per heavy atom. The Balaban J connectivity index is 1.58. The molecule has 8 nitrogen and oxygen atoms in total. The summed E-state index contributed by atoms with van der Waals surface area (Å²) >= 11 is 0. The SMILES string of the molecule is Nc1nc2cc(-c3ccc4ncc(C(=O)N5CCCC5N)n4c3)ccc2o1. The van der Waals surface area contributed by atoms with Crippen LogP contribution in [0.1, 0.15) is 23.3 Å². The Morgan fingerprint density at radius 3 is 2.89 bits per heavy atom. The van der Waals surface area contributed by atoms with Gasteiger partial charge >= 0.3 is 0 Å². The number of hydrogen-bond acceptors (Lipinski definition) is 6. The lowest BCUT2D eigenvalue weighted by Gasteiger charge is -2.20. The average molecular weight is 362 g/mol. The van der Waals surface area contributed by atoms with E-state index in [9.17, 15) is 4.79 Å². The third-order valence-electron chi connectivity index (χ3n) is 5.02. The summed E-state index contributed by atoms with van der Waals surface area (Å²) < 4.78 is 7.13. The van der Waals surface area contributed by atoms with E-state index in [2.05, 4.69) is 9.97 Å². The maximum absolute atomic E-state index is 12.9. The molecule has 27 heavy (non-hydrogen) atoms. The van der Waals surface area contributed by atoms with Gasteiger partial charge in [0.25, 0.3) is 11.9 Å². The summed E-state index contributed by atoms with van der Waals surface area (Å²) in [4.78, 5) is 23.1. The number of anilines is 1. The van der Waals surface area contributed by atoms with Gasteiger partial charge in [-0.2, -0.15) is 4.98 Å². The molecule has 4 aromatic rings. The van der Waals surface area contributed by atoms with E-state index >= 15 is 0 Å². The molecule has 4 heterocycles. The zero-order valence-electron chi connectivity index (χ0n) is 14.5. The molecule has 0 radical (unpaired) electrons. The zero-order valence-corrected chi connectivity index (χ0v) is 14.5. The molecule has 3 aromatic heterocycles. The minimum atomic E-state index is -0.230. The first kappa shape index (κ1) is 15.8. The number of likely N-dealkylation sites (tertiary alicyclic amines) is 1. The number of imidazole rings is 1. The molecule has 8 heteroatoms. The second kappa shape index (κ2) is 5.82. The molecule has 4 N–H and O–H groups in total. The van der Waals surface area contributed by atoms with Crippen molar-refractivity contribution < 1.29 is 9.21 Å². The van der Waals surface area contributed by atoms with Crippen molar-refractivity contribution in [2.75, 3.05) is 12.3 Å². The van der Waals surface area contributed by atoms with Crippen molar-refractivity contribution in [3.63, 3.8) is 0 Å². The predicted octanol–water partition coefficient (Wildman–Crippen LogP) is 2.25. The number of fused-ring (bicyclic) bond motifs is 2. The van der Waals surface area contributed by atoms with Crippen molar-refractivity contribution in [2.45, 2.75) is 19.0 Å². The number of benzene rings is 1. The van der Waals surface area contributed by atoms with Crippen LogP contribution in [-0.2, 0) is 0 Å². The number of rotatable bonds is 2. The van der Waals surface area contributed by atoms with Crippen molar-refractivity contribution in [1.82, 2.24) is 19.3 Å². The summed E-state index contributed by atoms with van der Waals surface area (Å²) in [5.41, 5.74) is 16.1. The molecule has 0 bridgehead atoms. The number of pyridine rings is 1. The number of carbonyl (C=O) groups excluding carboxylic acids is 1. The van der Waals surface area contributed by atoms with Gasteiger partial charge in [0, 0.05) is 12.7 Å². The van der Waals surface area contributed by atoms with Gasteiger partial charge in [-0.1, -0.05) is 6.07 Å². The highest BCUT2D eigenvalue weighted by Gasteiger charge is 2.28. The zero-order chi connectivity index (χ0) is 18.5. The van der Waals surface area contributed by atoms with Crippen molar-refractivity contribution in [3.8, 4) is 11.1 Å². The Bertz CT molecular complexity index is 1180.